The minimum Gasteiger partial charge on any atom is -0.376 e. The molecule has 1 rings (SSSR count). The fourth-order valence-electron chi connectivity index (χ4n) is 1.13. The lowest BCUT2D eigenvalue weighted by Crippen LogP contribution is -2.38. The molecule has 0 aromatic carbocycles. The molecule has 0 spiro atoms. The van der Waals surface area contributed by atoms with Crippen molar-refractivity contribution in [2.75, 3.05) is 19.7 Å². The highest BCUT2D eigenvalue weighted by Gasteiger charge is 2.10. The maximum Gasteiger partial charge on any atom is 0.466 e. The van der Waals surface area contributed by atoms with E-state index in [1.807, 2.05) is 0 Å². The fourth-order valence-corrected chi connectivity index (χ4v) is 1.13. The third-order valence-corrected chi connectivity index (χ3v) is 1.62. The zero-order valence-corrected chi connectivity index (χ0v) is 9.11. The molecule has 0 amide bonds. The second-order valence-corrected chi connectivity index (χ2v) is 4.03. The van der Waals surface area contributed by atoms with Crippen LogP contribution >= 0.6 is 7.82 Å². The number of rotatable bonds is 2. The predicted molar refractivity (Wildman–Crippen MR) is 51.8 cm³/mol. The molecular weight excluding hydrogens is 209 g/mol. The van der Waals surface area contributed by atoms with Crippen molar-refractivity contribution in [3.63, 3.8) is 0 Å². The third-order valence-electron chi connectivity index (χ3n) is 1.62. The summed E-state index contributed by atoms with van der Waals surface area (Å²) in [5.41, 5.74) is 0. The largest absolute Gasteiger partial charge is 0.466 e. The number of ether oxygens (including phenoxy) is 1. The first kappa shape index (κ1) is 14.0. The highest BCUT2D eigenvalue weighted by Crippen LogP contribution is 2.25. The number of phosphoric acid groups is 1. The van der Waals surface area contributed by atoms with E-state index in [9.17, 15) is 0 Å². The Morgan fingerprint density at radius 2 is 2.07 bits per heavy atom. The van der Waals surface area contributed by atoms with E-state index in [2.05, 4.69) is 12.2 Å². The lowest BCUT2D eigenvalue weighted by molar-refractivity contribution is 0.0232. The average Bonchev–Trinajstić information content (AvgIpc) is 2.03. The van der Waals surface area contributed by atoms with Gasteiger partial charge >= 0.3 is 7.82 Å². The van der Waals surface area contributed by atoms with Crippen molar-refractivity contribution in [2.45, 2.75) is 25.9 Å². The zero-order chi connectivity index (χ0) is 11.0. The molecule has 0 radical (unpaired) electrons. The van der Waals surface area contributed by atoms with Gasteiger partial charge in [-0.05, 0) is 6.42 Å². The summed E-state index contributed by atoms with van der Waals surface area (Å²) >= 11 is 0. The third kappa shape index (κ3) is 12.0. The van der Waals surface area contributed by atoms with Crippen LogP contribution in [0.4, 0.5) is 0 Å². The summed E-state index contributed by atoms with van der Waals surface area (Å²) in [6.45, 7) is 5.16. The molecular formula is C7H18NO5P. The Balaban J connectivity index is 0.000000292. The van der Waals surface area contributed by atoms with Crippen LogP contribution in [0.1, 0.15) is 19.8 Å². The maximum atomic E-state index is 8.88. The van der Waals surface area contributed by atoms with Crippen LogP contribution in [0, 0.1) is 0 Å². The normalized spacial score (nSPS) is 22.4. The first-order valence-electron chi connectivity index (χ1n) is 4.54. The monoisotopic (exact) mass is 227 g/mol. The summed E-state index contributed by atoms with van der Waals surface area (Å²) in [7, 11) is -4.64. The van der Waals surface area contributed by atoms with Crippen LogP contribution in [0.3, 0.4) is 0 Å². The molecule has 1 unspecified atom stereocenters. The lowest BCUT2D eigenvalue weighted by Gasteiger charge is -2.22. The van der Waals surface area contributed by atoms with E-state index in [1.54, 1.807) is 0 Å². The molecule has 1 atom stereocenters. The molecule has 1 heterocycles. The summed E-state index contributed by atoms with van der Waals surface area (Å²) in [6.07, 6.45) is 2.92. The molecule has 0 bridgehead atoms. The molecule has 1 aliphatic heterocycles. The van der Waals surface area contributed by atoms with E-state index < -0.39 is 7.82 Å². The molecule has 1 fully saturated rings. The Bertz CT molecular complexity index is 166. The van der Waals surface area contributed by atoms with Gasteiger partial charge in [-0.15, -0.1) is 0 Å². The molecule has 14 heavy (non-hydrogen) atoms. The summed E-state index contributed by atoms with van der Waals surface area (Å²) in [4.78, 5) is 21.6. The van der Waals surface area contributed by atoms with Gasteiger partial charge in [0.25, 0.3) is 0 Å². The molecule has 0 aromatic rings. The molecule has 6 nitrogen and oxygen atoms in total. The van der Waals surface area contributed by atoms with Crippen molar-refractivity contribution in [1.29, 1.82) is 0 Å². The van der Waals surface area contributed by atoms with E-state index in [1.165, 1.54) is 12.8 Å². The van der Waals surface area contributed by atoms with Crippen LogP contribution in [-0.4, -0.2) is 40.5 Å². The van der Waals surface area contributed by atoms with E-state index in [0.29, 0.717) is 6.10 Å². The van der Waals surface area contributed by atoms with Gasteiger partial charge in [0.05, 0.1) is 12.7 Å². The van der Waals surface area contributed by atoms with E-state index in [-0.39, 0.29) is 0 Å². The van der Waals surface area contributed by atoms with E-state index in [0.717, 1.165) is 19.7 Å². The summed E-state index contributed by atoms with van der Waals surface area (Å²) in [5.74, 6) is 0. The standard InChI is InChI=1S/C7H15NO.H3O4P/c1-2-3-7-6-8-4-5-9-7;1-5(2,3)4/h7-8H,2-6H2,1H3;(H3,1,2,3,4). The zero-order valence-electron chi connectivity index (χ0n) is 8.22. The van der Waals surface area contributed by atoms with Crippen molar-refractivity contribution in [2.24, 2.45) is 0 Å². The van der Waals surface area contributed by atoms with Gasteiger partial charge in [-0.2, -0.15) is 0 Å². The van der Waals surface area contributed by atoms with Crippen LogP contribution in [-0.2, 0) is 9.30 Å². The van der Waals surface area contributed by atoms with E-state index >= 15 is 0 Å². The summed E-state index contributed by atoms with van der Waals surface area (Å²) in [6, 6.07) is 0. The maximum absolute atomic E-state index is 8.88. The number of nitrogens with one attached hydrogen (secondary N) is 1. The fraction of sp³-hybridized carbons (Fsp3) is 1.00. The Labute approximate surface area is 83.5 Å². The number of morpholine rings is 1. The van der Waals surface area contributed by atoms with Gasteiger partial charge in [0.1, 0.15) is 0 Å². The minimum absolute atomic E-state index is 0.490. The Hall–Kier alpha value is 0.0300. The predicted octanol–water partition coefficient (Wildman–Crippen LogP) is -0.154. The summed E-state index contributed by atoms with van der Waals surface area (Å²) < 4.78 is 14.3. The highest BCUT2D eigenvalue weighted by molar-refractivity contribution is 7.45. The molecule has 0 aromatic heterocycles. The Morgan fingerprint density at radius 1 is 1.50 bits per heavy atom. The first-order chi connectivity index (χ1) is 6.43. The van der Waals surface area contributed by atoms with Crippen LogP contribution in [0.5, 0.6) is 0 Å². The van der Waals surface area contributed by atoms with Crippen LogP contribution in [0.15, 0.2) is 0 Å². The first-order valence-corrected chi connectivity index (χ1v) is 6.10. The van der Waals surface area contributed by atoms with Crippen LogP contribution in [0.2, 0.25) is 0 Å². The van der Waals surface area contributed by atoms with Crippen molar-refractivity contribution in [3.8, 4) is 0 Å². The van der Waals surface area contributed by atoms with Crippen molar-refractivity contribution < 1.29 is 24.0 Å². The highest BCUT2D eigenvalue weighted by atomic mass is 31.2. The van der Waals surface area contributed by atoms with E-state index in [4.69, 9.17) is 24.0 Å². The van der Waals surface area contributed by atoms with Crippen molar-refractivity contribution >= 4 is 7.82 Å². The quantitative estimate of drug-likeness (QED) is 0.489. The van der Waals surface area contributed by atoms with Gasteiger partial charge in [0.15, 0.2) is 0 Å². The van der Waals surface area contributed by atoms with Gasteiger partial charge in [0.2, 0.25) is 0 Å². The summed E-state index contributed by atoms with van der Waals surface area (Å²) in [5, 5.41) is 3.29. The molecule has 86 valence electrons. The minimum atomic E-state index is -4.64. The topological polar surface area (TPSA) is 99.0 Å². The van der Waals surface area contributed by atoms with Gasteiger partial charge < -0.3 is 24.7 Å². The molecule has 1 aliphatic rings. The van der Waals surface area contributed by atoms with Gasteiger partial charge in [0, 0.05) is 13.1 Å². The Morgan fingerprint density at radius 3 is 2.43 bits per heavy atom. The van der Waals surface area contributed by atoms with Gasteiger partial charge in [-0.1, -0.05) is 13.3 Å². The second-order valence-electron chi connectivity index (χ2n) is 3.00. The molecule has 4 N–H and O–H groups in total. The average molecular weight is 227 g/mol. The van der Waals surface area contributed by atoms with Gasteiger partial charge in [-0.25, -0.2) is 4.57 Å². The number of hydrogen-bond acceptors (Lipinski definition) is 3. The SMILES string of the molecule is CCCC1CNCCO1.O=P(O)(O)O. The van der Waals surface area contributed by atoms with Crippen molar-refractivity contribution in [1.82, 2.24) is 5.32 Å². The lowest BCUT2D eigenvalue weighted by atomic mass is 10.2. The molecule has 1 saturated heterocycles. The van der Waals surface area contributed by atoms with Crippen LogP contribution < -0.4 is 5.32 Å². The molecule has 0 saturated carbocycles. The second kappa shape index (κ2) is 7.34. The number of hydrogen-bond donors (Lipinski definition) is 4. The van der Waals surface area contributed by atoms with Crippen LogP contribution in [0.25, 0.3) is 0 Å². The van der Waals surface area contributed by atoms with Gasteiger partial charge in [-0.3, -0.25) is 0 Å². The Kier molecular flexibility index (Phi) is 7.35. The smallest absolute Gasteiger partial charge is 0.376 e. The molecule has 7 heteroatoms. The van der Waals surface area contributed by atoms with Crippen molar-refractivity contribution in [3.05, 3.63) is 0 Å². The molecule has 0 aliphatic carbocycles.